The van der Waals surface area contributed by atoms with Crippen LogP contribution in [-0.2, 0) is 16.1 Å². The van der Waals surface area contributed by atoms with Crippen molar-refractivity contribution in [2.45, 2.75) is 69.0 Å². The summed E-state index contributed by atoms with van der Waals surface area (Å²) in [5.41, 5.74) is 1.04. The van der Waals surface area contributed by atoms with Gasteiger partial charge in [0.2, 0.25) is 11.8 Å². The number of thioether (sulfide) groups is 1. The van der Waals surface area contributed by atoms with Crippen LogP contribution in [0.15, 0.2) is 65.6 Å². The van der Waals surface area contributed by atoms with E-state index in [0.717, 1.165) is 23.3 Å². The Kier molecular flexibility index (Phi) is 8.81. The van der Waals surface area contributed by atoms with Crippen molar-refractivity contribution in [1.29, 1.82) is 0 Å². The third-order valence-electron chi connectivity index (χ3n) is 5.64. The second kappa shape index (κ2) is 11.8. The van der Waals surface area contributed by atoms with Crippen LogP contribution in [0.4, 0.5) is 0 Å². The molecule has 0 bridgehead atoms. The predicted molar refractivity (Wildman–Crippen MR) is 123 cm³/mol. The number of benzene rings is 2. The standard InChI is InChI=1S/C25H32N2O2S/c1-2-23(25(29)26-21-14-8-4-9-15-21)27(18-20-12-6-3-7-13-20)24(28)19-30-22-16-10-5-11-17-22/h3,5-7,10-13,16-17,21,23H,2,4,8-9,14-15,18-19H2,1H3,(H,26,29). The molecule has 1 aliphatic carbocycles. The molecule has 1 saturated carbocycles. The van der Waals surface area contributed by atoms with Gasteiger partial charge in [-0.15, -0.1) is 11.8 Å². The van der Waals surface area contributed by atoms with Crippen molar-refractivity contribution in [3.05, 3.63) is 66.2 Å². The topological polar surface area (TPSA) is 49.4 Å². The molecule has 2 aromatic carbocycles. The smallest absolute Gasteiger partial charge is 0.243 e. The van der Waals surface area contributed by atoms with Crippen LogP contribution in [0.3, 0.4) is 0 Å². The number of carbonyl (C=O) groups is 2. The minimum Gasteiger partial charge on any atom is -0.352 e. The fourth-order valence-corrected chi connectivity index (χ4v) is 4.79. The fraction of sp³-hybridized carbons (Fsp3) is 0.440. The Morgan fingerprint density at radius 1 is 1.00 bits per heavy atom. The lowest BCUT2D eigenvalue weighted by Crippen LogP contribution is -2.52. The zero-order valence-corrected chi connectivity index (χ0v) is 18.6. The highest BCUT2D eigenvalue weighted by molar-refractivity contribution is 8.00. The average molecular weight is 425 g/mol. The van der Waals surface area contributed by atoms with Gasteiger partial charge in [0.05, 0.1) is 5.75 Å². The molecule has 5 heteroatoms. The van der Waals surface area contributed by atoms with Gasteiger partial charge in [-0.05, 0) is 37.0 Å². The number of rotatable bonds is 9. The van der Waals surface area contributed by atoms with Crippen molar-refractivity contribution in [1.82, 2.24) is 10.2 Å². The molecule has 0 spiro atoms. The predicted octanol–water partition coefficient (Wildman–Crippen LogP) is 5.04. The zero-order valence-electron chi connectivity index (χ0n) is 17.8. The Bertz CT molecular complexity index is 791. The van der Waals surface area contributed by atoms with Crippen molar-refractivity contribution < 1.29 is 9.59 Å². The van der Waals surface area contributed by atoms with Crippen LogP contribution in [-0.4, -0.2) is 34.6 Å². The summed E-state index contributed by atoms with van der Waals surface area (Å²) in [6, 6.07) is 19.7. The van der Waals surface area contributed by atoms with E-state index in [0.29, 0.717) is 18.7 Å². The number of hydrogen-bond donors (Lipinski definition) is 1. The zero-order chi connectivity index (χ0) is 21.2. The molecule has 4 nitrogen and oxygen atoms in total. The summed E-state index contributed by atoms with van der Waals surface area (Å²) in [5.74, 6) is 0.307. The number of hydrogen-bond acceptors (Lipinski definition) is 3. The van der Waals surface area contributed by atoms with E-state index in [1.807, 2.05) is 67.6 Å². The molecule has 30 heavy (non-hydrogen) atoms. The van der Waals surface area contributed by atoms with Gasteiger partial charge in [0.25, 0.3) is 0 Å². The highest BCUT2D eigenvalue weighted by atomic mass is 32.2. The molecule has 1 N–H and O–H groups in total. The van der Waals surface area contributed by atoms with Crippen molar-refractivity contribution in [2.75, 3.05) is 5.75 Å². The molecule has 0 radical (unpaired) electrons. The van der Waals surface area contributed by atoms with E-state index in [9.17, 15) is 9.59 Å². The van der Waals surface area contributed by atoms with E-state index < -0.39 is 6.04 Å². The lowest BCUT2D eigenvalue weighted by atomic mass is 9.95. The van der Waals surface area contributed by atoms with Gasteiger partial charge < -0.3 is 10.2 Å². The molecule has 3 rings (SSSR count). The Hall–Kier alpha value is -2.27. The Morgan fingerprint density at radius 3 is 2.27 bits per heavy atom. The van der Waals surface area contributed by atoms with Gasteiger partial charge in [0.1, 0.15) is 6.04 Å². The van der Waals surface area contributed by atoms with Crippen molar-refractivity contribution in [3.8, 4) is 0 Å². The van der Waals surface area contributed by atoms with Gasteiger partial charge in [0.15, 0.2) is 0 Å². The van der Waals surface area contributed by atoms with Crippen LogP contribution >= 0.6 is 11.8 Å². The van der Waals surface area contributed by atoms with E-state index in [1.54, 1.807) is 4.90 Å². The largest absolute Gasteiger partial charge is 0.352 e. The second-order valence-electron chi connectivity index (χ2n) is 7.88. The van der Waals surface area contributed by atoms with Gasteiger partial charge in [-0.1, -0.05) is 74.7 Å². The molecule has 1 fully saturated rings. The molecule has 0 aliphatic heterocycles. The maximum absolute atomic E-state index is 13.2. The lowest BCUT2D eigenvalue weighted by molar-refractivity contribution is -0.139. The lowest BCUT2D eigenvalue weighted by Gasteiger charge is -2.32. The van der Waals surface area contributed by atoms with Crippen LogP contribution in [0.1, 0.15) is 51.0 Å². The first-order valence-corrected chi connectivity index (χ1v) is 12.0. The summed E-state index contributed by atoms with van der Waals surface area (Å²) in [7, 11) is 0. The van der Waals surface area contributed by atoms with Crippen LogP contribution < -0.4 is 5.32 Å². The first-order chi connectivity index (χ1) is 14.7. The maximum Gasteiger partial charge on any atom is 0.243 e. The van der Waals surface area contributed by atoms with E-state index in [2.05, 4.69) is 5.32 Å². The SMILES string of the molecule is CCC(C(=O)NC1CCCCC1)N(Cc1ccccc1)C(=O)CSc1ccccc1. The van der Waals surface area contributed by atoms with Gasteiger partial charge in [-0.25, -0.2) is 0 Å². The van der Waals surface area contributed by atoms with Gasteiger partial charge in [-0.2, -0.15) is 0 Å². The molecule has 160 valence electrons. The van der Waals surface area contributed by atoms with Crippen LogP contribution in [0.25, 0.3) is 0 Å². The highest BCUT2D eigenvalue weighted by Crippen LogP contribution is 2.21. The molecule has 0 saturated heterocycles. The second-order valence-corrected chi connectivity index (χ2v) is 8.93. The highest BCUT2D eigenvalue weighted by Gasteiger charge is 2.30. The number of nitrogens with zero attached hydrogens (tertiary/aromatic N) is 1. The normalized spacial score (nSPS) is 15.4. The number of carbonyl (C=O) groups excluding carboxylic acids is 2. The Labute approximate surface area is 184 Å². The van der Waals surface area contributed by atoms with Gasteiger partial charge >= 0.3 is 0 Å². The van der Waals surface area contributed by atoms with Crippen LogP contribution in [0.5, 0.6) is 0 Å². The molecule has 2 aromatic rings. The third-order valence-corrected chi connectivity index (χ3v) is 6.64. The molecule has 0 heterocycles. The van der Waals surface area contributed by atoms with E-state index in [1.165, 1.54) is 31.0 Å². The summed E-state index contributed by atoms with van der Waals surface area (Å²) in [5, 5.41) is 3.23. The number of nitrogens with one attached hydrogen (secondary N) is 1. The van der Waals surface area contributed by atoms with Crippen LogP contribution in [0.2, 0.25) is 0 Å². The molecular weight excluding hydrogens is 392 g/mol. The summed E-state index contributed by atoms with van der Waals surface area (Å²) in [6.07, 6.45) is 6.27. The minimum atomic E-state index is -0.448. The molecule has 2 amide bonds. The summed E-state index contributed by atoms with van der Waals surface area (Å²) in [6.45, 7) is 2.44. The Morgan fingerprint density at radius 2 is 1.63 bits per heavy atom. The average Bonchev–Trinajstić information content (AvgIpc) is 2.79. The van der Waals surface area contributed by atoms with E-state index in [-0.39, 0.29) is 17.9 Å². The summed E-state index contributed by atoms with van der Waals surface area (Å²) < 4.78 is 0. The molecular formula is C25H32N2O2S. The molecule has 1 aliphatic rings. The summed E-state index contributed by atoms with van der Waals surface area (Å²) in [4.78, 5) is 29.2. The quantitative estimate of drug-likeness (QED) is 0.574. The Balaban J connectivity index is 1.72. The van der Waals surface area contributed by atoms with E-state index >= 15 is 0 Å². The monoisotopic (exact) mass is 424 g/mol. The van der Waals surface area contributed by atoms with Gasteiger partial charge in [-0.3, -0.25) is 9.59 Å². The first-order valence-electron chi connectivity index (χ1n) is 11.0. The summed E-state index contributed by atoms with van der Waals surface area (Å²) >= 11 is 1.52. The first kappa shape index (κ1) is 22.4. The van der Waals surface area contributed by atoms with Crippen molar-refractivity contribution >= 4 is 23.6 Å². The molecule has 1 atom stereocenters. The van der Waals surface area contributed by atoms with E-state index in [4.69, 9.17) is 0 Å². The molecule has 1 unspecified atom stereocenters. The number of amides is 2. The minimum absolute atomic E-state index is 0.00153. The van der Waals surface area contributed by atoms with Crippen LogP contribution in [0, 0.1) is 0 Å². The fourth-order valence-electron chi connectivity index (χ4n) is 3.99. The van der Waals surface area contributed by atoms with Gasteiger partial charge in [0, 0.05) is 17.5 Å². The molecule has 0 aromatic heterocycles. The third kappa shape index (κ3) is 6.63. The maximum atomic E-state index is 13.2. The van der Waals surface area contributed by atoms with Crippen molar-refractivity contribution in [3.63, 3.8) is 0 Å². The van der Waals surface area contributed by atoms with Crippen molar-refractivity contribution in [2.24, 2.45) is 0 Å².